The molecule has 1 aliphatic heterocycles. The van der Waals surface area contributed by atoms with Crippen LogP contribution in [0.4, 0.5) is 0 Å². The number of benzene rings is 2. The van der Waals surface area contributed by atoms with Crippen molar-refractivity contribution in [2.24, 2.45) is 0 Å². The normalized spacial score (nSPS) is 20.0. The smallest absolute Gasteiger partial charge is 0.163 e. The first-order valence-corrected chi connectivity index (χ1v) is 7.61. The highest BCUT2D eigenvalue weighted by molar-refractivity contribution is 5.65. The van der Waals surface area contributed by atoms with Crippen molar-refractivity contribution in [1.29, 1.82) is 0 Å². The molecule has 0 radical (unpaired) electrons. The van der Waals surface area contributed by atoms with E-state index in [2.05, 4.69) is 36.4 Å². The Morgan fingerprint density at radius 3 is 2.50 bits per heavy atom. The van der Waals surface area contributed by atoms with Crippen molar-refractivity contribution in [1.82, 2.24) is 0 Å². The minimum absolute atomic E-state index is 0.0647. The topological polar surface area (TPSA) is 27.7 Å². The highest BCUT2D eigenvalue weighted by Gasteiger charge is 2.33. The molecule has 0 N–H and O–H groups in total. The minimum Gasteiger partial charge on any atom is -0.496 e. The second-order valence-corrected chi connectivity index (χ2v) is 6.05. The molecule has 1 aliphatic rings. The van der Waals surface area contributed by atoms with Crippen LogP contribution < -0.4 is 4.74 Å². The molecule has 116 valence electrons. The second-order valence-electron chi connectivity index (χ2n) is 6.05. The SMILES string of the molecule is COc1ccc(-c2ccccc2)cc1CC1COC(C)(C)O1. The minimum atomic E-state index is -0.491. The number of hydrogen-bond acceptors (Lipinski definition) is 3. The van der Waals surface area contributed by atoms with E-state index in [-0.39, 0.29) is 6.10 Å². The number of ether oxygens (including phenoxy) is 3. The zero-order valence-corrected chi connectivity index (χ0v) is 13.3. The lowest BCUT2D eigenvalue weighted by atomic mass is 9.99. The Morgan fingerprint density at radius 1 is 1.09 bits per heavy atom. The third kappa shape index (κ3) is 3.32. The fourth-order valence-electron chi connectivity index (χ4n) is 2.86. The summed E-state index contributed by atoms with van der Waals surface area (Å²) in [5.41, 5.74) is 3.54. The first-order chi connectivity index (χ1) is 10.6. The predicted molar refractivity (Wildman–Crippen MR) is 87.0 cm³/mol. The first-order valence-electron chi connectivity index (χ1n) is 7.61. The molecule has 3 heteroatoms. The molecule has 0 spiro atoms. The van der Waals surface area contributed by atoms with Crippen LogP contribution in [0.3, 0.4) is 0 Å². The van der Waals surface area contributed by atoms with Crippen LogP contribution in [-0.2, 0) is 15.9 Å². The summed E-state index contributed by atoms with van der Waals surface area (Å²) in [6.07, 6.45) is 0.850. The standard InChI is InChI=1S/C19H22O3/c1-19(2)21-13-17(22-19)12-16-11-15(9-10-18(16)20-3)14-7-5-4-6-8-14/h4-11,17H,12-13H2,1-3H3. The molecule has 0 saturated carbocycles. The third-order valence-corrected chi connectivity index (χ3v) is 3.90. The summed E-state index contributed by atoms with van der Waals surface area (Å²) >= 11 is 0. The summed E-state index contributed by atoms with van der Waals surface area (Å²) in [4.78, 5) is 0. The van der Waals surface area contributed by atoms with Gasteiger partial charge in [-0.2, -0.15) is 0 Å². The Bertz CT molecular complexity index is 634. The molecule has 0 aliphatic carbocycles. The van der Waals surface area contributed by atoms with Crippen molar-refractivity contribution in [2.75, 3.05) is 13.7 Å². The lowest BCUT2D eigenvalue weighted by Crippen LogP contribution is -2.22. The van der Waals surface area contributed by atoms with Gasteiger partial charge in [-0.05, 0) is 42.7 Å². The molecule has 3 rings (SSSR count). The molecule has 1 unspecified atom stereocenters. The molecule has 2 aromatic carbocycles. The number of hydrogen-bond donors (Lipinski definition) is 0. The third-order valence-electron chi connectivity index (χ3n) is 3.90. The van der Waals surface area contributed by atoms with Gasteiger partial charge in [0, 0.05) is 6.42 Å². The van der Waals surface area contributed by atoms with Gasteiger partial charge in [-0.1, -0.05) is 36.4 Å². The van der Waals surface area contributed by atoms with Gasteiger partial charge in [-0.25, -0.2) is 0 Å². The molecule has 2 aromatic rings. The summed E-state index contributed by atoms with van der Waals surface area (Å²) in [5, 5.41) is 0. The molecule has 0 bridgehead atoms. The van der Waals surface area contributed by atoms with E-state index in [0.29, 0.717) is 6.61 Å². The molecule has 22 heavy (non-hydrogen) atoms. The maximum absolute atomic E-state index is 5.92. The Morgan fingerprint density at radius 2 is 1.86 bits per heavy atom. The molecule has 0 aromatic heterocycles. The summed E-state index contributed by atoms with van der Waals surface area (Å²) in [6.45, 7) is 4.51. The van der Waals surface area contributed by atoms with E-state index in [9.17, 15) is 0 Å². The largest absolute Gasteiger partial charge is 0.496 e. The molecule has 1 heterocycles. The molecule has 1 fully saturated rings. The van der Waals surface area contributed by atoms with E-state index in [1.807, 2.05) is 26.0 Å². The monoisotopic (exact) mass is 298 g/mol. The second kappa shape index (κ2) is 6.11. The molecule has 1 atom stereocenters. The molecule has 3 nitrogen and oxygen atoms in total. The van der Waals surface area contributed by atoms with Crippen LogP contribution >= 0.6 is 0 Å². The lowest BCUT2D eigenvalue weighted by Gasteiger charge is -2.18. The van der Waals surface area contributed by atoms with E-state index in [4.69, 9.17) is 14.2 Å². The van der Waals surface area contributed by atoms with E-state index < -0.39 is 5.79 Å². The van der Waals surface area contributed by atoms with Crippen molar-refractivity contribution < 1.29 is 14.2 Å². The quantitative estimate of drug-likeness (QED) is 0.852. The van der Waals surface area contributed by atoms with E-state index in [0.717, 1.165) is 17.7 Å². The van der Waals surface area contributed by atoms with Crippen LogP contribution in [0.5, 0.6) is 5.75 Å². The van der Waals surface area contributed by atoms with Crippen molar-refractivity contribution in [3.05, 3.63) is 54.1 Å². The van der Waals surface area contributed by atoms with Gasteiger partial charge in [-0.15, -0.1) is 0 Å². The Hall–Kier alpha value is -1.84. The lowest BCUT2D eigenvalue weighted by molar-refractivity contribution is -0.138. The van der Waals surface area contributed by atoms with Gasteiger partial charge in [0.15, 0.2) is 5.79 Å². The van der Waals surface area contributed by atoms with Crippen LogP contribution in [0.25, 0.3) is 11.1 Å². The average molecular weight is 298 g/mol. The van der Waals surface area contributed by atoms with E-state index in [1.54, 1.807) is 7.11 Å². The van der Waals surface area contributed by atoms with Gasteiger partial charge in [0.1, 0.15) is 5.75 Å². The maximum atomic E-state index is 5.92. The Labute approximate surface area is 131 Å². The Kier molecular flexibility index (Phi) is 4.19. The highest BCUT2D eigenvalue weighted by Crippen LogP contribution is 2.31. The van der Waals surface area contributed by atoms with Crippen molar-refractivity contribution in [2.45, 2.75) is 32.2 Å². The number of methoxy groups -OCH3 is 1. The molecule has 0 amide bonds. The molecule has 1 saturated heterocycles. The highest BCUT2D eigenvalue weighted by atomic mass is 16.7. The molecular weight excluding hydrogens is 276 g/mol. The van der Waals surface area contributed by atoms with Gasteiger partial charge in [-0.3, -0.25) is 0 Å². The van der Waals surface area contributed by atoms with Gasteiger partial charge in [0.2, 0.25) is 0 Å². The van der Waals surface area contributed by atoms with Crippen LogP contribution in [0, 0.1) is 0 Å². The first kappa shape index (κ1) is 15.1. The fourth-order valence-corrected chi connectivity index (χ4v) is 2.86. The van der Waals surface area contributed by atoms with Crippen LogP contribution in [0.15, 0.2) is 48.5 Å². The van der Waals surface area contributed by atoms with Crippen molar-refractivity contribution >= 4 is 0 Å². The van der Waals surface area contributed by atoms with E-state index in [1.165, 1.54) is 11.1 Å². The molecular formula is C19H22O3. The van der Waals surface area contributed by atoms with Crippen molar-refractivity contribution in [3.63, 3.8) is 0 Å². The summed E-state index contributed by atoms with van der Waals surface area (Å²) < 4.78 is 17.1. The zero-order chi connectivity index (χ0) is 15.6. The predicted octanol–water partition coefficient (Wildman–Crippen LogP) is 4.06. The fraction of sp³-hybridized carbons (Fsp3) is 0.368. The zero-order valence-electron chi connectivity index (χ0n) is 13.3. The van der Waals surface area contributed by atoms with E-state index >= 15 is 0 Å². The summed E-state index contributed by atoms with van der Waals surface area (Å²) in [7, 11) is 1.71. The van der Waals surface area contributed by atoms with Gasteiger partial charge < -0.3 is 14.2 Å². The maximum Gasteiger partial charge on any atom is 0.163 e. The summed E-state index contributed by atoms with van der Waals surface area (Å²) in [5.74, 6) is 0.405. The number of rotatable bonds is 4. The van der Waals surface area contributed by atoms with Gasteiger partial charge >= 0.3 is 0 Å². The average Bonchev–Trinajstić information content (AvgIpc) is 2.87. The summed E-state index contributed by atoms with van der Waals surface area (Å²) in [6, 6.07) is 16.7. The van der Waals surface area contributed by atoms with Crippen LogP contribution in [0.1, 0.15) is 19.4 Å². The van der Waals surface area contributed by atoms with Crippen LogP contribution in [0.2, 0.25) is 0 Å². The Balaban J connectivity index is 1.86. The van der Waals surface area contributed by atoms with Gasteiger partial charge in [0.25, 0.3) is 0 Å². The van der Waals surface area contributed by atoms with Gasteiger partial charge in [0.05, 0.1) is 19.8 Å². The van der Waals surface area contributed by atoms with Crippen LogP contribution in [-0.4, -0.2) is 25.6 Å². The van der Waals surface area contributed by atoms with Crippen molar-refractivity contribution in [3.8, 4) is 16.9 Å².